The van der Waals surface area contributed by atoms with Gasteiger partial charge in [0.15, 0.2) is 0 Å². The first-order chi connectivity index (χ1) is 17.6. The minimum absolute atomic E-state index is 0.307. The Labute approximate surface area is 216 Å². The van der Waals surface area contributed by atoms with E-state index in [-0.39, 0.29) is 5.97 Å². The van der Waals surface area contributed by atoms with E-state index >= 15 is 0 Å². The van der Waals surface area contributed by atoms with Crippen LogP contribution in [0.25, 0.3) is 20.7 Å². The van der Waals surface area contributed by atoms with Crippen molar-refractivity contribution in [3.8, 4) is 10.6 Å². The normalized spacial score (nSPS) is 19.0. The Morgan fingerprint density at radius 2 is 2.00 bits per heavy atom. The Hall–Kier alpha value is -2.55. The summed E-state index contributed by atoms with van der Waals surface area (Å²) in [5.74, 6) is 1.19. The molecule has 2 aliphatic carbocycles. The summed E-state index contributed by atoms with van der Waals surface area (Å²) in [5.41, 5.74) is 5.37. The molecule has 1 aliphatic heterocycles. The second-order valence-corrected chi connectivity index (χ2v) is 11.7. The first kappa shape index (κ1) is 23.8. The second kappa shape index (κ2) is 10.4. The molecule has 0 spiro atoms. The third-order valence-corrected chi connectivity index (χ3v) is 8.77. The Balaban J connectivity index is 1.08. The highest BCUT2D eigenvalue weighted by Gasteiger charge is 2.31. The number of piperidine rings is 1. The number of benzene rings is 1. The number of thiophene rings is 1. The molecule has 3 heterocycles. The molecule has 36 heavy (non-hydrogen) atoms. The van der Waals surface area contributed by atoms with Crippen LogP contribution in [0.2, 0.25) is 0 Å². The van der Waals surface area contributed by atoms with Crippen molar-refractivity contribution in [3.63, 3.8) is 0 Å². The SMILES string of the molecule is Cc1cnc(NCCCC2CCN(C3CC3)CC2)nc1-c1cc2c(C(=O)ONC3CC3)cccc2s1. The fraction of sp³-hybridized carbons (Fsp3) is 0.536. The maximum absolute atomic E-state index is 12.6. The van der Waals surface area contributed by atoms with Crippen LogP contribution in [0.1, 0.15) is 67.3 Å². The largest absolute Gasteiger partial charge is 0.366 e. The molecule has 0 unspecified atom stereocenters. The third-order valence-electron chi connectivity index (χ3n) is 7.67. The van der Waals surface area contributed by atoms with E-state index in [0.717, 1.165) is 64.0 Å². The zero-order valence-corrected chi connectivity index (χ0v) is 21.8. The molecule has 3 aliphatic rings. The predicted molar refractivity (Wildman–Crippen MR) is 144 cm³/mol. The monoisotopic (exact) mass is 505 g/mol. The van der Waals surface area contributed by atoms with Crippen molar-refractivity contribution in [2.75, 3.05) is 25.0 Å². The number of anilines is 1. The van der Waals surface area contributed by atoms with Crippen molar-refractivity contribution in [2.24, 2.45) is 5.92 Å². The van der Waals surface area contributed by atoms with E-state index in [1.807, 2.05) is 31.3 Å². The molecule has 0 bridgehead atoms. The van der Waals surface area contributed by atoms with E-state index in [9.17, 15) is 4.79 Å². The fourth-order valence-electron chi connectivity index (χ4n) is 5.16. The third kappa shape index (κ3) is 5.56. The molecule has 2 N–H and O–H groups in total. The van der Waals surface area contributed by atoms with Gasteiger partial charge in [-0.1, -0.05) is 6.07 Å². The zero-order valence-electron chi connectivity index (χ0n) is 21.0. The highest BCUT2D eigenvalue weighted by atomic mass is 32.1. The van der Waals surface area contributed by atoms with Crippen molar-refractivity contribution in [1.29, 1.82) is 0 Å². The topological polar surface area (TPSA) is 79.4 Å². The minimum atomic E-state index is -0.336. The lowest BCUT2D eigenvalue weighted by Gasteiger charge is -2.32. The highest BCUT2D eigenvalue weighted by molar-refractivity contribution is 7.22. The van der Waals surface area contributed by atoms with Crippen LogP contribution in [0, 0.1) is 12.8 Å². The molecule has 190 valence electrons. The Morgan fingerprint density at radius 1 is 1.17 bits per heavy atom. The number of aryl methyl sites for hydroxylation is 1. The van der Waals surface area contributed by atoms with Gasteiger partial charge in [0, 0.05) is 34.9 Å². The molecule has 3 aromatic rings. The average Bonchev–Trinajstić information content (AvgIpc) is 3.83. The van der Waals surface area contributed by atoms with Crippen LogP contribution < -0.4 is 10.8 Å². The van der Waals surface area contributed by atoms with E-state index in [1.165, 1.54) is 45.2 Å². The number of fused-ring (bicyclic) bond motifs is 1. The number of hydroxylamine groups is 1. The van der Waals surface area contributed by atoms with Gasteiger partial charge < -0.3 is 15.1 Å². The minimum Gasteiger partial charge on any atom is -0.366 e. The lowest BCUT2D eigenvalue weighted by atomic mass is 9.92. The van der Waals surface area contributed by atoms with Crippen molar-refractivity contribution < 1.29 is 9.63 Å². The van der Waals surface area contributed by atoms with Gasteiger partial charge in [-0.25, -0.2) is 14.8 Å². The number of likely N-dealkylation sites (tertiary alicyclic amines) is 1. The maximum atomic E-state index is 12.6. The summed E-state index contributed by atoms with van der Waals surface area (Å²) in [5, 5.41) is 4.35. The molecule has 0 amide bonds. The summed E-state index contributed by atoms with van der Waals surface area (Å²) in [6.07, 6.45) is 11.9. The number of rotatable bonds is 10. The van der Waals surface area contributed by atoms with Crippen LogP contribution in [0.5, 0.6) is 0 Å². The molecule has 1 saturated heterocycles. The summed E-state index contributed by atoms with van der Waals surface area (Å²) in [6.45, 7) is 5.51. The van der Waals surface area contributed by atoms with Gasteiger partial charge >= 0.3 is 5.97 Å². The van der Waals surface area contributed by atoms with Crippen molar-refractivity contribution >= 4 is 33.3 Å². The Kier molecular flexibility index (Phi) is 6.91. The lowest BCUT2D eigenvalue weighted by Crippen LogP contribution is -2.35. The number of hydrogen-bond acceptors (Lipinski definition) is 8. The number of hydrogen-bond donors (Lipinski definition) is 2. The molecule has 0 atom stereocenters. The number of carbonyl (C=O) groups excluding carboxylic acids is 1. The van der Waals surface area contributed by atoms with Crippen LogP contribution in [0.15, 0.2) is 30.5 Å². The van der Waals surface area contributed by atoms with Crippen LogP contribution in [0.4, 0.5) is 5.95 Å². The molecule has 3 fully saturated rings. The van der Waals surface area contributed by atoms with E-state index < -0.39 is 0 Å². The van der Waals surface area contributed by atoms with Gasteiger partial charge in [0.05, 0.1) is 16.1 Å². The zero-order chi connectivity index (χ0) is 24.5. The van der Waals surface area contributed by atoms with Gasteiger partial charge in [-0.3, -0.25) is 0 Å². The van der Waals surface area contributed by atoms with Gasteiger partial charge in [-0.2, -0.15) is 0 Å². The van der Waals surface area contributed by atoms with Crippen molar-refractivity contribution in [1.82, 2.24) is 20.3 Å². The molecule has 0 radical (unpaired) electrons. The molecular formula is C28H35N5O2S. The number of carbonyl (C=O) groups is 1. The van der Waals surface area contributed by atoms with Gasteiger partial charge in [0.25, 0.3) is 0 Å². The molecule has 2 aromatic heterocycles. The van der Waals surface area contributed by atoms with E-state index in [4.69, 9.17) is 9.82 Å². The van der Waals surface area contributed by atoms with Crippen LogP contribution >= 0.6 is 11.3 Å². The van der Waals surface area contributed by atoms with Gasteiger partial charge in [0.1, 0.15) is 0 Å². The van der Waals surface area contributed by atoms with Gasteiger partial charge in [0.2, 0.25) is 5.95 Å². The van der Waals surface area contributed by atoms with Crippen molar-refractivity contribution in [2.45, 2.75) is 70.4 Å². The van der Waals surface area contributed by atoms with Crippen molar-refractivity contribution in [3.05, 3.63) is 41.6 Å². The second-order valence-electron chi connectivity index (χ2n) is 10.6. The van der Waals surface area contributed by atoms with Gasteiger partial charge in [-0.05, 0) is 101 Å². The Bertz CT molecular complexity index is 1230. The van der Waals surface area contributed by atoms with Crippen LogP contribution in [-0.2, 0) is 4.84 Å². The number of nitrogens with one attached hydrogen (secondary N) is 2. The van der Waals surface area contributed by atoms with E-state index in [2.05, 4.69) is 26.7 Å². The number of nitrogens with zero attached hydrogens (tertiary/aromatic N) is 3. The summed E-state index contributed by atoms with van der Waals surface area (Å²) in [4.78, 5) is 31.1. The summed E-state index contributed by atoms with van der Waals surface area (Å²) in [6, 6.07) is 9.05. The predicted octanol–water partition coefficient (Wildman–Crippen LogP) is 5.56. The summed E-state index contributed by atoms with van der Waals surface area (Å²) < 4.78 is 1.05. The molecule has 6 rings (SSSR count). The lowest BCUT2D eigenvalue weighted by molar-refractivity contribution is 0.0238. The standard InChI is InChI=1S/C28H35N5O2S/c1-18-17-30-28(29-13-3-4-19-11-14-33(15-12-19)21-9-10-21)31-26(18)25-16-23-22(5-2-6-24(23)36-25)27(34)35-32-20-7-8-20/h2,5-6,16-17,19-21,32H,3-4,7-15H2,1H3,(H,29,30,31). The molecule has 1 aromatic carbocycles. The fourth-order valence-corrected chi connectivity index (χ4v) is 6.31. The highest BCUT2D eigenvalue weighted by Crippen LogP contribution is 2.36. The summed E-state index contributed by atoms with van der Waals surface area (Å²) in [7, 11) is 0. The molecule has 2 saturated carbocycles. The summed E-state index contributed by atoms with van der Waals surface area (Å²) >= 11 is 1.64. The smallest absolute Gasteiger partial charge is 0.357 e. The quantitative estimate of drug-likeness (QED) is 0.276. The first-order valence-electron chi connectivity index (χ1n) is 13.5. The van der Waals surface area contributed by atoms with E-state index in [1.54, 1.807) is 11.3 Å². The number of aromatic nitrogens is 2. The molecule has 8 heteroatoms. The average molecular weight is 506 g/mol. The maximum Gasteiger partial charge on any atom is 0.357 e. The Morgan fingerprint density at radius 3 is 2.78 bits per heavy atom. The van der Waals surface area contributed by atoms with Crippen LogP contribution in [-0.4, -0.2) is 52.6 Å². The first-order valence-corrected chi connectivity index (χ1v) is 14.3. The van der Waals surface area contributed by atoms with Gasteiger partial charge in [-0.15, -0.1) is 16.8 Å². The molecular weight excluding hydrogens is 470 g/mol. The molecule has 7 nitrogen and oxygen atoms in total. The van der Waals surface area contributed by atoms with Crippen LogP contribution in [0.3, 0.4) is 0 Å². The van der Waals surface area contributed by atoms with E-state index in [0.29, 0.717) is 17.6 Å².